The number of anilines is 1. The standard InChI is InChI=1S/C13H19ClN2OS/c1-15-13(17)10-5-6-11(14)12(9-10)16-7-3-4-8-18-2/h5-6,9,16H,3-4,7-8H2,1-2H3,(H,15,17). The van der Waals surface area contributed by atoms with Gasteiger partial charge >= 0.3 is 0 Å². The van der Waals surface area contributed by atoms with Crippen molar-refractivity contribution in [2.24, 2.45) is 0 Å². The second kappa shape index (κ2) is 8.27. The molecule has 1 aromatic carbocycles. The Morgan fingerprint density at radius 2 is 2.17 bits per heavy atom. The van der Waals surface area contributed by atoms with Crippen LogP contribution in [0.25, 0.3) is 0 Å². The molecule has 0 fully saturated rings. The van der Waals surface area contributed by atoms with Crippen LogP contribution >= 0.6 is 23.4 Å². The van der Waals surface area contributed by atoms with Crippen molar-refractivity contribution in [3.8, 4) is 0 Å². The van der Waals surface area contributed by atoms with Crippen molar-refractivity contribution in [2.45, 2.75) is 12.8 Å². The summed E-state index contributed by atoms with van der Waals surface area (Å²) in [5, 5.41) is 6.52. The maximum absolute atomic E-state index is 11.5. The van der Waals surface area contributed by atoms with Crippen molar-refractivity contribution in [1.29, 1.82) is 0 Å². The summed E-state index contributed by atoms with van der Waals surface area (Å²) < 4.78 is 0. The molecule has 1 aromatic rings. The third-order valence-corrected chi connectivity index (χ3v) is 3.57. The number of hydrogen-bond donors (Lipinski definition) is 2. The zero-order chi connectivity index (χ0) is 13.4. The summed E-state index contributed by atoms with van der Waals surface area (Å²) in [5.74, 6) is 1.07. The Bertz CT molecular complexity index is 399. The maximum Gasteiger partial charge on any atom is 0.251 e. The Morgan fingerprint density at radius 1 is 1.39 bits per heavy atom. The van der Waals surface area contributed by atoms with Crippen LogP contribution in [0.4, 0.5) is 5.69 Å². The van der Waals surface area contributed by atoms with E-state index < -0.39 is 0 Å². The van der Waals surface area contributed by atoms with Crippen LogP contribution in [-0.4, -0.2) is 31.5 Å². The van der Waals surface area contributed by atoms with Crippen LogP contribution in [0.1, 0.15) is 23.2 Å². The molecule has 0 aliphatic rings. The molecule has 18 heavy (non-hydrogen) atoms. The van der Waals surface area contributed by atoms with Gasteiger partial charge < -0.3 is 10.6 Å². The summed E-state index contributed by atoms with van der Waals surface area (Å²) in [5.41, 5.74) is 1.44. The van der Waals surface area contributed by atoms with Gasteiger partial charge in [0.05, 0.1) is 10.7 Å². The third-order valence-electron chi connectivity index (χ3n) is 2.55. The largest absolute Gasteiger partial charge is 0.384 e. The summed E-state index contributed by atoms with van der Waals surface area (Å²) >= 11 is 7.94. The molecule has 0 saturated carbocycles. The highest BCUT2D eigenvalue weighted by Gasteiger charge is 2.06. The minimum Gasteiger partial charge on any atom is -0.384 e. The number of nitrogens with one attached hydrogen (secondary N) is 2. The van der Waals surface area contributed by atoms with Crippen molar-refractivity contribution >= 4 is 35.0 Å². The molecule has 0 saturated heterocycles. The molecule has 0 aliphatic carbocycles. The van der Waals surface area contributed by atoms with Gasteiger partial charge in [-0.25, -0.2) is 0 Å². The normalized spacial score (nSPS) is 10.2. The molecule has 5 heteroatoms. The van der Waals surface area contributed by atoms with Gasteiger partial charge in [0.2, 0.25) is 0 Å². The number of carbonyl (C=O) groups excluding carboxylic acids is 1. The van der Waals surface area contributed by atoms with Crippen molar-refractivity contribution in [1.82, 2.24) is 5.32 Å². The lowest BCUT2D eigenvalue weighted by Crippen LogP contribution is -2.18. The van der Waals surface area contributed by atoms with E-state index in [2.05, 4.69) is 16.9 Å². The second-order valence-corrected chi connectivity index (χ2v) is 5.29. The molecular weight excluding hydrogens is 268 g/mol. The van der Waals surface area contributed by atoms with E-state index in [9.17, 15) is 4.79 Å². The number of halogens is 1. The lowest BCUT2D eigenvalue weighted by atomic mass is 10.2. The first-order chi connectivity index (χ1) is 8.69. The van der Waals surface area contributed by atoms with E-state index in [4.69, 9.17) is 11.6 Å². The zero-order valence-corrected chi connectivity index (χ0v) is 12.3. The van der Waals surface area contributed by atoms with Crippen molar-refractivity contribution in [2.75, 3.05) is 30.9 Å². The highest BCUT2D eigenvalue weighted by Crippen LogP contribution is 2.23. The second-order valence-electron chi connectivity index (χ2n) is 3.90. The number of thioether (sulfide) groups is 1. The minimum absolute atomic E-state index is 0.0999. The summed E-state index contributed by atoms with van der Waals surface area (Å²) in [6.07, 6.45) is 4.39. The van der Waals surface area contributed by atoms with Crippen LogP contribution < -0.4 is 10.6 Å². The molecule has 0 heterocycles. The van der Waals surface area contributed by atoms with E-state index in [-0.39, 0.29) is 5.91 Å². The summed E-state index contributed by atoms with van der Waals surface area (Å²) in [6.45, 7) is 0.872. The first kappa shape index (κ1) is 15.2. The highest BCUT2D eigenvalue weighted by molar-refractivity contribution is 7.98. The Kier molecular flexibility index (Phi) is 6.98. The Morgan fingerprint density at radius 3 is 2.83 bits per heavy atom. The average Bonchev–Trinajstić information content (AvgIpc) is 2.39. The Labute approximate surface area is 118 Å². The predicted octanol–water partition coefficient (Wildman–Crippen LogP) is 3.25. The van der Waals surface area contributed by atoms with E-state index in [1.165, 1.54) is 12.2 Å². The van der Waals surface area contributed by atoms with E-state index in [1.54, 1.807) is 25.2 Å². The van der Waals surface area contributed by atoms with Crippen LogP contribution in [0.2, 0.25) is 5.02 Å². The molecule has 0 atom stereocenters. The smallest absolute Gasteiger partial charge is 0.251 e. The fourth-order valence-electron chi connectivity index (χ4n) is 1.54. The molecule has 0 radical (unpaired) electrons. The SMILES string of the molecule is CNC(=O)c1ccc(Cl)c(NCCCCSC)c1. The van der Waals surface area contributed by atoms with Crippen LogP contribution in [0.3, 0.4) is 0 Å². The van der Waals surface area contributed by atoms with Crippen molar-refractivity contribution < 1.29 is 4.79 Å². The molecule has 0 unspecified atom stereocenters. The van der Waals surface area contributed by atoms with E-state index in [0.29, 0.717) is 10.6 Å². The summed E-state index contributed by atoms with van der Waals surface area (Å²) in [6, 6.07) is 5.26. The lowest BCUT2D eigenvalue weighted by Gasteiger charge is -2.10. The van der Waals surface area contributed by atoms with Crippen molar-refractivity contribution in [3.05, 3.63) is 28.8 Å². The van der Waals surface area contributed by atoms with E-state index in [1.807, 2.05) is 11.8 Å². The fraction of sp³-hybridized carbons (Fsp3) is 0.462. The lowest BCUT2D eigenvalue weighted by molar-refractivity contribution is 0.0963. The first-order valence-corrected chi connectivity index (χ1v) is 7.70. The Hall–Kier alpha value is -0.870. The summed E-state index contributed by atoms with van der Waals surface area (Å²) in [7, 11) is 1.62. The van der Waals surface area contributed by atoms with Gasteiger partial charge in [-0.15, -0.1) is 0 Å². The Balaban J connectivity index is 2.56. The van der Waals surface area contributed by atoms with Gasteiger partial charge in [-0.05, 0) is 43.0 Å². The number of benzene rings is 1. The fourth-order valence-corrected chi connectivity index (χ4v) is 2.22. The number of carbonyl (C=O) groups is 1. The van der Waals surface area contributed by atoms with Crippen LogP contribution in [0.5, 0.6) is 0 Å². The highest BCUT2D eigenvalue weighted by atomic mass is 35.5. The van der Waals surface area contributed by atoms with Gasteiger partial charge in [-0.1, -0.05) is 11.6 Å². The average molecular weight is 287 g/mol. The molecule has 2 N–H and O–H groups in total. The number of rotatable bonds is 7. The maximum atomic E-state index is 11.5. The van der Waals surface area contributed by atoms with Crippen LogP contribution in [0.15, 0.2) is 18.2 Å². The first-order valence-electron chi connectivity index (χ1n) is 5.93. The molecule has 1 amide bonds. The van der Waals surface area contributed by atoms with Gasteiger partial charge in [-0.3, -0.25) is 4.79 Å². The van der Waals surface area contributed by atoms with Crippen LogP contribution in [0, 0.1) is 0 Å². The van der Waals surface area contributed by atoms with Gasteiger partial charge in [0.1, 0.15) is 0 Å². The number of amides is 1. The van der Waals surface area contributed by atoms with Gasteiger partial charge in [-0.2, -0.15) is 11.8 Å². The molecule has 0 aromatic heterocycles. The molecule has 3 nitrogen and oxygen atoms in total. The van der Waals surface area contributed by atoms with Crippen molar-refractivity contribution in [3.63, 3.8) is 0 Å². The molecule has 0 aliphatic heterocycles. The van der Waals surface area contributed by atoms with Gasteiger partial charge in [0.15, 0.2) is 0 Å². The third kappa shape index (κ3) is 4.78. The molecular formula is C13H19ClN2OS. The van der Waals surface area contributed by atoms with Gasteiger partial charge in [0.25, 0.3) is 5.91 Å². The summed E-state index contributed by atoms with van der Waals surface area (Å²) in [4.78, 5) is 11.5. The predicted molar refractivity (Wildman–Crippen MR) is 80.9 cm³/mol. The zero-order valence-electron chi connectivity index (χ0n) is 10.8. The van der Waals surface area contributed by atoms with E-state index in [0.717, 1.165) is 18.7 Å². The van der Waals surface area contributed by atoms with E-state index >= 15 is 0 Å². The monoisotopic (exact) mass is 286 g/mol. The molecule has 0 spiro atoms. The molecule has 100 valence electrons. The van der Waals surface area contributed by atoms with Crippen LogP contribution in [-0.2, 0) is 0 Å². The van der Waals surface area contributed by atoms with Gasteiger partial charge in [0, 0.05) is 19.2 Å². The number of unbranched alkanes of at least 4 members (excludes halogenated alkanes) is 1. The topological polar surface area (TPSA) is 41.1 Å². The minimum atomic E-state index is -0.0999. The molecule has 0 bridgehead atoms. The number of hydrogen-bond acceptors (Lipinski definition) is 3. The quantitative estimate of drug-likeness (QED) is 0.756. The molecule has 1 rings (SSSR count).